The molecule has 1 unspecified atom stereocenters. The Balaban J connectivity index is 1.79. The highest BCUT2D eigenvalue weighted by Gasteiger charge is 2.46. The van der Waals surface area contributed by atoms with Gasteiger partial charge < -0.3 is 5.32 Å². The third-order valence-electron chi connectivity index (χ3n) is 4.38. The molecule has 9 heteroatoms. The standard InChI is InChI=1S/C18H13ClF4N2O2/c19-13-8-11(18(21,22)23)4-3-10(13)9-25-16(27)17(20)6-5-14(26)15-12(17)2-1-7-24-15/h1-4,7-8H,5-6,9H2,(H,25,27). The second kappa shape index (κ2) is 6.92. The topological polar surface area (TPSA) is 59.1 Å². The summed E-state index contributed by atoms with van der Waals surface area (Å²) in [6.45, 7) is -0.259. The van der Waals surface area contributed by atoms with Crippen LogP contribution in [0, 0.1) is 0 Å². The van der Waals surface area contributed by atoms with Crippen molar-refractivity contribution in [2.24, 2.45) is 0 Å². The molecule has 1 aromatic carbocycles. The van der Waals surface area contributed by atoms with Crippen LogP contribution in [0.2, 0.25) is 5.02 Å². The molecule has 1 atom stereocenters. The number of nitrogens with one attached hydrogen (secondary N) is 1. The lowest BCUT2D eigenvalue weighted by Gasteiger charge is -2.29. The van der Waals surface area contributed by atoms with Crippen molar-refractivity contribution in [1.29, 1.82) is 0 Å². The van der Waals surface area contributed by atoms with E-state index in [4.69, 9.17) is 11.6 Å². The van der Waals surface area contributed by atoms with Gasteiger partial charge in [-0.25, -0.2) is 4.39 Å². The summed E-state index contributed by atoms with van der Waals surface area (Å²) >= 11 is 5.84. The number of hydrogen-bond acceptors (Lipinski definition) is 3. The van der Waals surface area contributed by atoms with Crippen LogP contribution in [0.25, 0.3) is 0 Å². The van der Waals surface area contributed by atoms with E-state index >= 15 is 4.39 Å². The minimum absolute atomic E-state index is 0.0889. The Morgan fingerprint density at radius 1 is 1.30 bits per heavy atom. The number of halogens is 5. The van der Waals surface area contributed by atoms with Crippen molar-refractivity contribution >= 4 is 23.3 Å². The molecule has 4 nitrogen and oxygen atoms in total. The number of hydrogen-bond donors (Lipinski definition) is 1. The maximum atomic E-state index is 15.4. The molecule has 1 aliphatic rings. The quantitative estimate of drug-likeness (QED) is 0.785. The molecule has 1 aliphatic carbocycles. The number of ketones is 1. The van der Waals surface area contributed by atoms with Gasteiger partial charge in [-0.05, 0) is 23.8 Å². The van der Waals surface area contributed by atoms with Crippen molar-refractivity contribution in [3.8, 4) is 0 Å². The molecule has 0 saturated carbocycles. The van der Waals surface area contributed by atoms with Gasteiger partial charge in [0.15, 0.2) is 5.78 Å². The summed E-state index contributed by atoms with van der Waals surface area (Å²) in [7, 11) is 0. The van der Waals surface area contributed by atoms with Crippen molar-refractivity contribution in [2.45, 2.75) is 31.2 Å². The van der Waals surface area contributed by atoms with Crippen LogP contribution in [0.4, 0.5) is 17.6 Å². The zero-order valence-corrected chi connectivity index (χ0v) is 14.5. The Kier molecular flexibility index (Phi) is 4.94. The molecular formula is C18H13ClF4N2O2. The smallest absolute Gasteiger partial charge is 0.349 e. The van der Waals surface area contributed by atoms with Gasteiger partial charge in [0.2, 0.25) is 5.67 Å². The molecule has 1 amide bonds. The molecule has 3 rings (SSSR count). The van der Waals surface area contributed by atoms with Gasteiger partial charge in [0, 0.05) is 36.2 Å². The molecule has 1 N–H and O–H groups in total. The highest BCUT2D eigenvalue weighted by molar-refractivity contribution is 6.31. The molecule has 0 aliphatic heterocycles. The van der Waals surface area contributed by atoms with E-state index in [1.54, 1.807) is 0 Å². The number of amides is 1. The molecule has 142 valence electrons. The molecule has 0 bridgehead atoms. The van der Waals surface area contributed by atoms with Gasteiger partial charge in [0.1, 0.15) is 5.69 Å². The number of carbonyl (C=O) groups is 2. The largest absolute Gasteiger partial charge is 0.416 e. The third-order valence-corrected chi connectivity index (χ3v) is 4.73. The minimum atomic E-state index is -4.54. The molecule has 27 heavy (non-hydrogen) atoms. The third kappa shape index (κ3) is 3.66. The maximum absolute atomic E-state index is 15.4. The van der Waals surface area contributed by atoms with Crippen LogP contribution in [-0.4, -0.2) is 16.7 Å². The predicted octanol–water partition coefficient (Wildman–Crippen LogP) is 4.21. The number of fused-ring (bicyclic) bond motifs is 1. The van der Waals surface area contributed by atoms with Crippen molar-refractivity contribution in [2.75, 3.05) is 0 Å². The number of carbonyl (C=O) groups excluding carboxylic acids is 2. The number of pyridine rings is 1. The number of aromatic nitrogens is 1. The Labute approximate surface area is 156 Å². The maximum Gasteiger partial charge on any atom is 0.416 e. The van der Waals surface area contributed by atoms with Crippen LogP contribution in [0.3, 0.4) is 0 Å². The summed E-state index contributed by atoms with van der Waals surface area (Å²) in [4.78, 5) is 28.2. The second-order valence-corrected chi connectivity index (χ2v) is 6.52. The zero-order chi connectivity index (χ0) is 19.8. The van der Waals surface area contributed by atoms with Gasteiger partial charge in [-0.1, -0.05) is 23.7 Å². The summed E-state index contributed by atoms with van der Waals surface area (Å²) < 4.78 is 53.4. The van der Waals surface area contributed by atoms with E-state index in [9.17, 15) is 22.8 Å². The fraction of sp³-hybridized carbons (Fsp3) is 0.278. The lowest BCUT2D eigenvalue weighted by molar-refractivity contribution is -0.137. The number of rotatable bonds is 3. The van der Waals surface area contributed by atoms with E-state index in [1.807, 2.05) is 0 Å². The number of nitrogens with zero attached hydrogens (tertiary/aromatic N) is 1. The Bertz CT molecular complexity index is 916. The van der Waals surface area contributed by atoms with Crippen LogP contribution in [-0.2, 0) is 23.2 Å². The zero-order valence-electron chi connectivity index (χ0n) is 13.7. The van der Waals surface area contributed by atoms with E-state index in [0.717, 1.165) is 18.2 Å². The first-order chi connectivity index (χ1) is 12.6. The molecule has 0 spiro atoms. The average Bonchev–Trinajstić information content (AvgIpc) is 2.63. The first-order valence-electron chi connectivity index (χ1n) is 7.94. The number of benzene rings is 1. The normalized spacial score (nSPS) is 19.5. The molecule has 1 heterocycles. The monoisotopic (exact) mass is 400 g/mol. The van der Waals surface area contributed by atoms with Crippen molar-refractivity contribution < 1.29 is 27.2 Å². The van der Waals surface area contributed by atoms with Crippen LogP contribution in [0.1, 0.15) is 40.0 Å². The van der Waals surface area contributed by atoms with Gasteiger partial charge in [-0.15, -0.1) is 0 Å². The fourth-order valence-electron chi connectivity index (χ4n) is 2.90. The molecule has 1 aromatic heterocycles. The Morgan fingerprint density at radius 2 is 2.04 bits per heavy atom. The minimum Gasteiger partial charge on any atom is -0.349 e. The van der Waals surface area contributed by atoms with E-state index < -0.39 is 23.3 Å². The molecule has 2 aromatic rings. The van der Waals surface area contributed by atoms with E-state index in [0.29, 0.717) is 0 Å². The second-order valence-electron chi connectivity index (χ2n) is 6.11. The molecule has 0 saturated heterocycles. The van der Waals surface area contributed by atoms with Crippen LogP contribution < -0.4 is 5.32 Å². The average molecular weight is 401 g/mol. The van der Waals surface area contributed by atoms with Gasteiger partial charge >= 0.3 is 6.18 Å². The number of Topliss-reactive ketones (excluding diaryl/α,β-unsaturated/α-hetero) is 1. The predicted molar refractivity (Wildman–Crippen MR) is 88.9 cm³/mol. The first kappa shape index (κ1) is 19.3. The number of alkyl halides is 4. The van der Waals surface area contributed by atoms with Crippen LogP contribution in [0.15, 0.2) is 36.5 Å². The lowest BCUT2D eigenvalue weighted by Crippen LogP contribution is -2.44. The Hall–Kier alpha value is -2.48. The van der Waals surface area contributed by atoms with Gasteiger partial charge in [0.05, 0.1) is 5.56 Å². The summed E-state index contributed by atoms with van der Waals surface area (Å²) in [6, 6.07) is 5.44. The van der Waals surface area contributed by atoms with Gasteiger partial charge in [0.25, 0.3) is 5.91 Å². The van der Waals surface area contributed by atoms with E-state index in [1.165, 1.54) is 18.3 Å². The first-order valence-corrected chi connectivity index (χ1v) is 8.32. The highest BCUT2D eigenvalue weighted by Crippen LogP contribution is 2.38. The van der Waals surface area contributed by atoms with Crippen molar-refractivity contribution in [1.82, 2.24) is 10.3 Å². The van der Waals surface area contributed by atoms with Gasteiger partial charge in [-0.3, -0.25) is 14.6 Å². The van der Waals surface area contributed by atoms with E-state index in [2.05, 4.69) is 10.3 Å². The molecular weight excluding hydrogens is 388 g/mol. The van der Waals surface area contributed by atoms with E-state index in [-0.39, 0.29) is 47.0 Å². The fourth-order valence-corrected chi connectivity index (χ4v) is 3.15. The Morgan fingerprint density at radius 3 is 2.70 bits per heavy atom. The molecule has 0 radical (unpaired) electrons. The van der Waals surface area contributed by atoms with Crippen molar-refractivity contribution in [3.63, 3.8) is 0 Å². The SMILES string of the molecule is O=C1CCC(F)(C(=O)NCc2ccc(C(F)(F)F)cc2Cl)c2cccnc21. The summed E-state index contributed by atoms with van der Waals surface area (Å²) in [5, 5.41) is 2.15. The van der Waals surface area contributed by atoms with Gasteiger partial charge in [-0.2, -0.15) is 13.2 Å². The van der Waals surface area contributed by atoms with Crippen LogP contribution >= 0.6 is 11.6 Å². The summed E-state index contributed by atoms with van der Waals surface area (Å²) in [5.41, 5.74) is -3.36. The summed E-state index contributed by atoms with van der Waals surface area (Å²) in [5.74, 6) is -1.35. The summed E-state index contributed by atoms with van der Waals surface area (Å²) in [6.07, 6.45) is -3.71. The lowest BCUT2D eigenvalue weighted by atomic mass is 9.81. The van der Waals surface area contributed by atoms with Crippen molar-refractivity contribution in [3.05, 3.63) is 63.9 Å². The highest BCUT2D eigenvalue weighted by atomic mass is 35.5. The molecule has 0 fully saturated rings. The van der Waals surface area contributed by atoms with Crippen LogP contribution in [0.5, 0.6) is 0 Å².